The Kier molecular flexibility index (Phi) is 5.24. The number of Topliss-reactive ketones (excluding diaryl/α,β-unsaturated/α-hetero) is 1. The summed E-state index contributed by atoms with van der Waals surface area (Å²) in [6, 6.07) is 4.94. The van der Waals surface area contributed by atoms with Crippen LogP contribution in [-0.4, -0.2) is 54.6 Å². The van der Waals surface area contributed by atoms with E-state index in [0.29, 0.717) is 18.4 Å². The number of esters is 1. The quantitative estimate of drug-likeness (QED) is 0.303. The first-order chi connectivity index (χ1) is 14.4. The van der Waals surface area contributed by atoms with Crippen molar-refractivity contribution in [2.24, 2.45) is 11.8 Å². The minimum Gasteiger partial charge on any atom is -0.457 e. The van der Waals surface area contributed by atoms with Crippen molar-refractivity contribution >= 4 is 35.2 Å². The number of ether oxygens (including phenoxy) is 1. The summed E-state index contributed by atoms with van der Waals surface area (Å²) in [5.41, 5.74) is 1.90. The molecule has 8 heteroatoms. The van der Waals surface area contributed by atoms with Gasteiger partial charge in [-0.05, 0) is 36.6 Å². The van der Waals surface area contributed by atoms with E-state index in [-0.39, 0.29) is 54.7 Å². The van der Waals surface area contributed by atoms with Gasteiger partial charge in [0.15, 0.2) is 12.4 Å². The Morgan fingerprint density at radius 3 is 2.40 bits per heavy atom. The lowest BCUT2D eigenvalue weighted by molar-refractivity contribution is -0.145. The summed E-state index contributed by atoms with van der Waals surface area (Å²) in [4.78, 5) is 63.6. The highest BCUT2D eigenvalue weighted by atomic mass is 16.5. The van der Waals surface area contributed by atoms with Crippen molar-refractivity contribution in [3.63, 3.8) is 0 Å². The number of benzene rings is 1. The zero-order valence-electron chi connectivity index (χ0n) is 16.6. The Balaban J connectivity index is 1.28. The Morgan fingerprint density at radius 1 is 1.07 bits per heavy atom. The highest BCUT2D eigenvalue weighted by molar-refractivity contribution is 6.06. The van der Waals surface area contributed by atoms with Crippen LogP contribution in [0.2, 0.25) is 0 Å². The molecule has 3 aliphatic rings. The third-order valence-corrected chi connectivity index (χ3v) is 5.98. The third kappa shape index (κ3) is 3.53. The molecule has 3 amide bonds. The Labute approximate surface area is 173 Å². The number of fused-ring (bicyclic) bond motifs is 2. The van der Waals surface area contributed by atoms with Gasteiger partial charge in [0.25, 0.3) is 0 Å². The van der Waals surface area contributed by atoms with Gasteiger partial charge < -0.3 is 9.64 Å². The van der Waals surface area contributed by atoms with E-state index in [4.69, 9.17) is 4.74 Å². The molecule has 2 heterocycles. The number of rotatable bonds is 6. The first-order valence-electron chi connectivity index (χ1n) is 9.95. The number of likely N-dealkylation sites (N-methyl/N-ethyl adjacent to an activating group) is 1. The zero-order chi connectivity index (χ0) is 21.4. The normalized spacial score (nSPS) is 22.4. The average molecular weight is 410 g/mol. The molecule has 0 aromatic heterocycles. The number of carbonyl (C=O) groups is 5. The van der Waals surface area contributed by atoms with Gasteiger partial charge in [-0.1, -0.05) is 12.2 Å². The van der Waals surface area contributed by atoms with Gasteiger partial charge in [0.1, 0.15) is 0 Å². The summed E-state index contributed by atoms with van der Waals surface area (Å²) in [5.74, 6) is -2.20. The van der Waals surface area contributed by atoms with E-state index >= 15 is 0 Å². The number of anilines is 1. The second kappa shape index (κ2) is 7.85. The predicted octanol–water partition coefficient (Wildman–Crippen LogP) is 1.27. The van der Waals surface area contributed by atoms with Gasteiger partial charge in [0.2, 0.25) is 17.7 Å². The summed E-state index contributed by atoms with van der Waals surface area (Å²) in [7, 11) is 1.68. The van der Waals surface area contributed by atoms with Crippen molar-refractivity contribution in [2.45, 2.75) is 25.7 Å². The van der Waals surface area contributed by atoms with E-state index in [2.05, 4.69) is 0 Å². The molecule has 0 N–H and O–H groups in total. The molecule has 2 aliphatic heterocycles. The van der Waals surface area contributed by atoms with Crippen LogP contribution < -0.4 is 4.90 Å². The molecule has 0 unspecified atom stereocenters. The highest BCUT2D eigenvalue weighted by Gasteiger charge is 2.46. The molecular weight excluding hydrogens is 388 g/mol. The summed E-state index contributed by atoms with van der Waals surface area (Å²) >= 11 is 0. The molecule has 156 valence electrons. The number of hydrogen-bond donors (Lipinski definition) is 0. The smallest absolute Gasteiger partial charge is 0.308 e. The van der Waals surface area contributed by atoms with Crippen LogP contribution in [0.3, 0.4) is 0 Å². The second-order valence-corrected chi connectivity index (χ2v) is 7.79. The Hall–Kier alpha value is -3.29. The number of hydrogen-bond acceptors (Lipinski definition) is 6. The molecule has 0 saturated carbocycles. The van der Waals surface area contributed by atoms with Gasteiger partial charge in [-0.25, -0.2) is 0 Å². The van der Waals surface area contributed by atoms with Gasteiger partial charge in [0, 0.05) is 24.8 Å². The molecule has 0 bridgehead atoms. The van der Waals surface area contributed by atoms with Gasteiger partial charge in [-0.2, -0.15) is 0 Å². The number of amides is 3. The van der Waals surface area contributed by atoms with Crippen LogP contribution in [0.1, 0.15) is 35.2 Å². The molecular formula is C22H22N2O6. The minimum atomic E-state index is -0.645. The lowest BCUT2D eigenvalue weighted by atomic mass is 9.85. The van der Waals surface area contributed by atoms with E-state index in [1.165, 1.54) is 4.90 Å². The number of likely N-dealkylation sites (tertiary alicyclic amines) is 1. The number of carbonyl (C=O) groups excluding carboxylic acids is 5. The van der Waals surface area contributed by atoms with Crippen LogP contribution in [-0.2, 0) is 30.3 Å². The molecule has 0 spiro atoms. The van der Waals surface area contributed by atoms with E-state index in [9.17, 15) is 24.0 Å². The monoisotopic (exact) mass is 410 g/mol. The summed E-state index contributed by atoms with van der Waals surface area (Å²) in [6.07, 6.45) is 4.99. The number of nitrogens with zero attached hydrogens (tertiary/aromatic N) is 2. The molecule has 30 heavy (non-hydrogen) atoms. The van der Waals surface area contributed by atoms with Crippen LogP contribution in [0.4, 0.5) is 5.69 Å². The van der Waals surface area contributed by atoms with Crippen molar-refractivity contribution in [3.05, 3.63) is 41.5 Å². The van der Waals surface area contributed by atoms with Crippen LogP contribution in [0, 0.1) is 11.8 Å². The molecule has 4 rings (SSSR count). The number of allylic oxidation sites excluding steroid dienone is 2. The molecule has 1 saturated heterocycles. The third-order valence-electron chi connectivity index (χ3n) is 5.98. The van der Waals surface area contributed by atoms with Crippen molar-refractivity contribution in [2.75, 3.05) is 25.1 Å². The lowest BCUT2D eigenvalue weighted by Gasteiger charge is -2.14. The molecule has 0 radical (unpaired) electrons. The summed E-state index contributed by atoms with van der Waals surface area (Å²) in [5, 5.41) is 0. The molecule has 8 nitrogen and oxygen atoms in total. The van der Waals surface area contributed by atoms with E-state index < -0.39 is 12.6 Å². The fraction of sp³-hybridized carbons (Fsp3) is 0.409. The predicted molar refractivity (Wildman–Crippen MR) is 106 cm³/mol. The number of ketones is 1. The van der Waals surface area contributed by atoms with Crippen molar-refractivity contribution in [3.8, 4) is 0 Å². The standard InChI is InChI=1S/C22H22N2O6/c1-23-17-7-6-13(10-14(17)11-19(23)26)18(25)12-30-20(27)8-9-24-21(28)15-4-2-3-5-16(15)22(24)29/h2-3,6-7,10,15-16H,4-5,8-9,11-12H2,1H3/t15-,16-/m1/s1. The van der Waals surface area contributed by atoms with E-state index in [1.54, 1.807) is 25.2 Å². The number of imide groups is 1. The van der Waals surface area contributed by atoms with Crippen LogP contribution >= 0.6 is 0 Å². The van der Waals surface area contributed by atoms with Gasteiger partial charge in [-0.3, -0.25) is 28.9 Å². The average Bonchev–Trinajstić information content (AvgIpc) is 3.17. The fourth-order valence-corrected chi connectivity index (χ4v) is 4.24. The molecule has 1 aromatic rings. The van der Waals surface area contributed by atoms with E-state index in [0.717, 1.165) is 16.2 Å². The maximum Gasteiger partial charge on any atom is 0.308 e. The van der Waals surface area contributed by atoms with Gasteiger partial charge in [0.05, 0.1) is 24.7 Å². The van der Waals surface area contributed by atoms with Crippen molar-refractivity contribution < 1.29 is 28.7 Å². The van der Waals surface area contributed by atoms with Crippen molar-refractivity contribution in [1.82, 2.24) is 4.90 Å². The fourth-order valence-electron chi connectivity index (χ4n) is 4.24. The second-order valence-electron chi connectivity index (χ2n) is 7.79. The molecule has 1 aromatic carbocycles. The molecule has 1 aliphatic carbocycles. The maximum atomic E-state index is 12.4. The van der Waals surface area contributed by atoms with Gasteiger partial charge in [-0.15, -0.1) is 0 Å². The van der Waals surface area contributed by atoms with Crippen molar-refractivity contribution in [1.29, 1.82) is 0 Å². The minimum absolute atomic E-state index is 0.0367. The lowest BCUT2D eigenvalue weighted by Crippen LogP contribution is -2.33. The van der Waals surface area contributed by atoms with Crippen LogP contribution in [0.5, 0.6) is 0 Å². The summed E-state index contributed by atoms with van der Waals surface area (Å²) in [6.45, 7) is -0.469. The Bertz CT molecular complexity index is 956. The van der Waals surface area contributed by atoms with Gasteiger partial charge >= 0.3 is 5.97 Å². The first kappa shape index (κ1) is 20.0. The Morgan fingerprint density at radius 2 is 1.73 bits per heavy atom. The largest absolute Gasteiger partial charge is 0.457 e. The summed E-state index contributed by atoms with van der Waals surface area (Å²) < 4.78 is 5.04. The first-order valence-corrected chi connectivity index (χ1v) is 9.95. The SMILES string of the molecule is CN1C(=O)Cc2cc(C(=O)COC(=O)CCN3C(=O)[C@@H]4CC=CC[C@H]4C3=O)ccc21. The van der Waals surface area contributed by atoms with Crippen LogP contribution in [0.15, 0.2) is 30.4 Å². The zero-order valence-corrected chi connectivity index (χ0v) is 16.6. The van der Waals surface area contributed by atoms with Crippen LogP contribution in [0.25, 0.3) is 0 Å². The maximum absolute atomic E-state index is 12.4. The molecule has 2 atom stereocenters. The topological polar surface area (TPSA) is 101 Å². The van der Waals surface area contributed by atoms with E-state index in [1.807, 2.05) is 12.2 Å². The molecule has 1 fully saturated rings. The highest BCUT2D eigenvalue weighted by Crippen LogP contribution is 2.35.